The van der Waals surface area contributed by atoms with Crippen molar-refractivity contribution in [3.05, 3.63) is 47.8 Å². The van der Waals surface area contributed by atoms with Crippen LogP contribution in [0, 0.1) is 29.5 Å². The number of rotatable bonds is 4. The highest BCUT2D eigenvalue weighted by molar-refractivity contribution is 5.30. The molecule has 0 N–H and O–H groups in total. The molecule has 1 heteroatoms. The predicted octanol–water partition coefficient (Wildman–Crippen LogP) is 8.39. The van der Waals surface area contributed by atoms with Crippen molar-refractivity contribution < 1.29 is 4.39 Å². The second-order valence-electron chi connectivity index (χ2n) is 10.3. The first-order valence-electron chi connectivity index (χ1n) is 12.1. The lowest BCUT2D eigenvalue weighted by atomic mass is 9.68. The van der Waals surface area contributed by atoms with E-state index >= 15 is 4.39 Å². The van der Waals surface area contributed by atoms with E-state index in [2.05, 4.69) is 31.7 Å². The number of hydrogen-bond donors (Lipinski definition) is 0. The average molecular weight is 383 g/mol. The van der Waals surface area contributed by atoms with Gasteiger partial charge in [-0.2, -0.15) is 0 Å². The van der Waals surface area contributed by atoms with Gasteiger partial charge in [0.25, 0.3) is 0 Å². The molecule has 0 amide bonds. The molecule has 4 rings (SSSR count). The first-order chi connectivity index (χ1) is 13.6. The van der Waals surface area contributed by atoms with Gasteiger partial charge in [-0.3, -0.25) is 0 Å². The lowest BCUT2D eigenvalue weighted by molar-refractivity contribution is 0.164. The molecule has 0 unspecified atom stereocenters. The molecule has 0 atom stereocenters. The lowest BCUT2D eigenvalue weighted by Crippen LogP contribution is -2.25. The summed E-state index contributed by atoms with van der Waals surface area (Å²) in [6, 6.07) is 6.26. The smallest absolute Gasteiger partial charge is 0.126 e. The highest BCUT2D eigenvalue weighted by Gasteiger charge is 2.31. The van der Waals surface area contributed by atoms with Crippen LogP contribution in [0.1, 0.15) is 107 Å². The second-order valence-corrected chi connectivity index (χ2v) is 10.3. The van der Waals surface area contributed by atoms with Crippen molar-refractivity contribution in [1.82, 2.24) is 0 Å². The summed E-state index contributed by atoms with van der Waals surface area (Å²) in [6.07, 6.45) is 17.6. The first kappa shape index (κ1) is 20.2. The third kappa shape index (κ3) is 4.55. The molecule has 0 nitrogen and oxygen atoms in total. The first-order valence-corrected chi connectivity index (χ1v) is 12.1. The predicted molar refractivity (Wildman–Crippen MR) is 117 cm³/mol. The molecule has 28 heavy (non-hydrogen) atoms. The SMILES string of the molecule is C=CC1CCC(c2ccc(C3CCC(C4CCC(C)CC4)CC3)c(F)c2)CC1. The van der Waals surface area contributed by atoms with Crippen molar-refractivity contribution in [2.75, 3.05) is 0 Å². The van der Waals surface area contributed by atoms with Gasteiger partial charge in [0.15, 0.2) is 0 Å². The van der Waals surface area contributed by atoms with Crippen LogP contribution >= 0.6 is 0 Å². The molecule has 3 fully saturated rings. The molecule has 1 aromatic carbocycles. The van der Waals surface area contributed by atoms with Crippen LogP contribution in [0.3, 0.4) is 0 Å². The van der Waals surface area contributed by atoms with Crippen LogP contribution < -0.4 is 0 Å². The Kier molecular flexibility index (Phi) is 6.59. The molecule has 0 bridgehead atoms. The molecule has 0 saturated heterocycles. The third-order valence-corrected chi connectivity index (χ3v) is 8.54. The highest BCUT2D eigenvalue weighted by Crippen LogP contribution is 2.45. The van der Waals surface area contributed by atoms with E-state index in [0.29, 0.717) is 17.8 Å². The van der Waals surface area contributed by atoms with Gasteiger partial charge in [0.05, 0.1) is 0 Å². The lowest BCUT2D eigenvalue weighted by Gasteiger charge is -2.37. The van der Waals surface area contributed by atoms with Gasteiger partial charge in [0.1, 0.15) is 5.82 Å². The van der Waals surface area contributed by atoms with Crippen molar-refractivity contribution in [1.29, 1.82) is 0 Å². The molecular weight excluding hydrogens is 343 g/mol. The largest absolute Gasteiger partial charge is 0.207 e. The Balaban J connectivity index is 1.33. The van der Waals surface area contributed by atoms with Crippen LogP contribution in [0.25, 0.3) is 0 Å². The standard InChI is InChI=1S/C27H39F/c1-3-20-6-10-23(11-7-20)25-16-17-26(27(28)18-25)24-14-12-22(13-15-24)21-8-4-19(2)5-9-21/h3,16-24H,1,4-15H2,2H3. The molecular formula is C27H39F. The van der Waals surface area contributed by atoms with Crippen molar-refractivity contribution >= 4 is 0 Å². The van der Waals surface area contributed by atoms with Crippen LogP contribution in [0.15, 0.2) is 30.9 Å². The van der Waals surface area contributed by atoms with Gasteiger partial charge in [-0.15, -0.1) is 6.58 Å². The molecule has 3 aliphatic rings. The summed E-state index contributed by atoms with van der Waals surface area (Å²) in [5.41, 5.74) is 2.23. The van der Waals surface area contributed by atoms with Crippen molar-refractivity contribution in [3.8, 4) is 0 Å². The van der Waals surface area contributed by atoms with Gasteiger partial charge in [-0.05, 0) is 117 Å². The Labute approximate surface area is 172 Å². The van der Waals surface area contributed by atoms with E-state index in [0.717, 1.165) is 23.3 Å². The fourth-order valence-corrected chi connectivity index (χ4v) is 6.48. The maximum atomic E-state index is 15.0. The quantitative estimate of drug-likeness (QED) is 0.459. The normalized spacial score (nSPS) is 36.8. The molecule has 0 aliphatic heterocycles. The molecule has 154 valence electrons. The molecule has 1 aromatic rings. The van der Waals surface area contributed by atoms with Gasteiger partial charge >= 0.3 is 0 Å². The number of hydrogen-bond acceptors (Lipinski definition) is 0. The minimum atomic E-state index is 0.0679. The zero-order valence-corrected chi connectivity index (χ0v) is 17.8. The van der Waals surface area contributed by atoms with Crippen LogP contribution in [-0.4, -0.2) is 0 Å². The topological polar surface area (TPSA) is 0 Å². The summed E-state index contributed by atoms with van der Waals surface area (Å²) >= 11 is 0. The fraction of sp³-hybridized carbons (Fsp3) is 0.704. The zero-order valence-electron chi connectivity index (χ0n) is 17.8. The summed E-state index contributed by atoms with van der Waals surface area (Å²) in [7, 11) is 0. The van der Waals surface area contributed by atoms with Crippen LogP contribution in [0.2, 0.25) is 0 Å². The van der Waals surface area contributed by atoms with Crippen molar-refractivity contribution in [2.45, 2.75) is 95.8 Å². The molecule has 3 aliphatic carbocycles. The summed E-state index contributed by atoms with van der Waals surface area (Å²) in [4.78, 5) is 0. The van der Waals surface area contributed by atoms with E-state index in [-0.39, 0.29) is 5.82 Å². The molecule has 0 spiro atoms. The summed E-state index contributed by atoms with van der Waals surface area (Å²) in [5, 5.41) is 0. The van der Waals surface area contributed by atoms with Gasteiger partial charge in [-0.25, -0.2) is 4.39 Å². The van der Waals surface area contributed by atoms with Gasteiger partial charge < -0.3 is 0 Å². The Bertz CT molecular complexity index is 638. The maximum Gasteiger partial charge on any atom is 0.126 e. The molecule has 0 heterocycles. The Hall–Kier alpha value is -1.11. The van der Waals surface area contributed by atoms with E-state index in [9.17, 15) is 0 Å². The average Bonchev–Trinajstić information content (AvgIpc) is 2.74. The van der Waals surface area contributed by atoms with E-state index in [1.54, 1.807) is 0 Å². The third-order valence-electron chi connectivity index (χ3n) is 8.54. The van der Waals surface area contributed by atoms with Crippen molar-refractivity contribution in [2.24, 2.45) is 23.7 Å². The fourth-order valence-electron chi connectivity index (χ4n) is 6.48. The Morgan fingerprint density at radius 1 is 0.786 bits per heavy atom. The van der Waals surface area contributed by atoms with Crippen LogP contribution in [0.4, 0.5) is 4.39 Å². The van der Waals surface area contributed by atoms with Crippen LogP contribution in [0.5, 0.6) is 0 Å². The van der Waals surface area contributed by atoms with Gasteiger partial charge in [-0.1, -0.05) is 38.0 Å². The summed E-state index contributed by atoms with van der Waals surface area (Å²) < 4.78 is 15.0. The van der Waals surface area contributed by atoms with Crippen molar-refractivity contribution in [3.63, 3.8) is 0 Å². The van der Waals surface area contributed by atoms with E-state index in [4.69, 9.17) is 0 Å². The number of allylic oxidation sites excluding steroid dienone is 1. The van der Waals surface area contributed by atoms with Gasteiger partial charge in [0.2, 0.25) is 0 Å². The number of halogens is 1. The van der Waals surface area contributed by atoms with E-state index in [1.165, 1.54) is 82.6 Å². The summed E-state index contributed by atoms with van der Waals surface area (Å²) in [6.45, 7) is 6.35. The maximum absolute atomic E-state index is 15.0. The second kappa shape index (κ2) is 9.14. The number of benzene rings is 1. The highest BCUT2D eigenvalue weighted by atomic mass is 19.1. The molecule has 0 radical (unpaired) electrons. The van der Waals surface area contributed by atoms with E-state index < -0.39 is 0 Å². The minimum Gasteiger partial charge on any atom is -0.207 e. The van der Waals surface area contributed by atoms with E-state index in [1.807, 2.05) is 6.07 Å². The molecule has 3 saturated carbocycles. The van der Waals surface area contributed by atoms with Gasteiger partial charge in [0, 0.05) is 0 Å². The summed E-state index contributed by atoms with van der Waals surface area (Å²) in [5.74, 6) is 4.53. The van der Waals surface area contributed by atoms with Crippen LogP contribution in [-0.2, 0) is 0 Å². The Morgan fingerprint density at radius 3 is 1.93 bits per heavy atom. The zero-order chi connectivity index (χ0) is 19.5. The Morgan fingerprint density at radius 2 is 1.36 bits per heavy atom. The minimum absolute atomic E-state index is 0.0679. The monoisotopic (exact) mass is 382 g/mol. The molecule has 0 aromatic heterocycles.